The van der Waals surface area contributed by atoms with Gasteiger partial charge in [0.25, 0.3) is 11.6 Å². The van der Waals surface area contributed by atoms with Crippen molar-refractivity contribution in [2.75, 3.05) is 23.8 Å². The normalized spacial score (nSPS) is 10.2. The van der Waals surface area contributed by atoms with Crippen LogP contribution in [0.25, 0.3) is 0 Å². The second-order valence-electron chi connectivity index (χ2n) is 6.49. The zero-order valence-electron chi connectivity index (χ0n) is 17.2. The van der Waals surface area contributed by atoms with E-state index in [0.717, 1.165) is 12.8 Å². The molecule has 0 radical (unpaired) electrons. The molecule has 0 aliphatic carbocycles. The van der Waals surface area contributed by atoms with Gasteiger partial charge < -0.3 is 20.1 Å². The molecule has 0 fully saturated rings. The Balaban J connectivity index is 2.37. The smallest absolute Gasteiger partial charge is 0.296 e. The average molecular weight is 415 g/mol. The second-order valence-corrected chi connectivity index (χ2v) is 6.49. The largest absolute Gasteiger partial charge is 0.490 e. The van der Waals surface area contributed by atoms with Crippen molar-refractivity contribution in [1.82, 2.24) is 0 Å². The molecule has 0 atom stereocenters. The Morgan fingerprint density at radius 3 is 2.20 bits per heavy atom. The van der Waals surface area contributed by atoms with E-state index >= 15 is 0 Å². The average Bonchev–Trinajstić information content (AvgIpc) is 2.70. The molecule has 2 N–H and O–H groups in total. The molecule has 2 rings (SSSR count). The van der Waals surface area contributed by atoms with Crippen LogP contribution in [-0.2, 0) is 4.79 Å². The molecule has 0 saturated carbocycles. The zero-order chi connectivity index (χ0) is 22.1. The van der Waals surface area contributed by atoms with Crippen molar-refractivity contribution in [3.05, 3.63) is 52.1 Å². The molecule has 2 amide bonds. The quantitative estimate of drug-likeness (QED) is 0.439. The third kappa shape index (κ3) is 6.20. The molecule has 0 bridgehead atoms. The van der Waals surface area contributed by atoms with Crippen LogP contribution in [0.1, 0.15) is 44.0 Å². The summed E-state index contributed by atoms with van der Waals surface area (Å²) in [6, 6.07) is 8.91. The third-order valence-corrected chi connectivity index (χ3v) is 3.88. The summed E-state index contributed by atoms with van der Waals surface area (Å²) >= 11 is 0. The number of hydrogen-bond acceptors (Lipinski definition) is 6. The van der Waals surface area contributed by atoms with E-state index in [2.05, 4.69) is 10.6 Å². The first kappa shape index (κ1) is 22.7. The van der Waals surface area contributed by atoms with Crippen LogP contribution in [-0.4, -0.2) is 30.0 Å². The second kappa shape index (κ2) is 10.8. The van der Waals surface area contributed by atoms with Crippen LogP contribution in [0.4, 0.5) is 17.1 Å². The van der Waals surface area contributed by atoms with Crippen LogP contribution in [0.5, 0.6) is 11.5 Å². The molecule has 0 aliphatic heterocycles. The number of nitro benzene ring substituents is 1. The van der Waals surface area contributed by atoms with E-state index in [0.29, 0.717) is 24.7 Å². The minimum atomic E-state index is -0.592. The standard InChI is InChI=1S/C21H25N3O6/c1-4-9-29-19-12-17(18(24(27)28)13-20(19)30-10-5-2)23-21(26)15-7-6-8-16(11-15)22-14(3)25/h6-8,11-13H,4-5,9-10H2,1-3H3,(H,22,25)(H,23,26). The fraction of sp³-hybridized carbons (Fsp3) is 0.333. The molecule has 0 aromatic heterocycles. The number of nitrogens with one attached hydrogen (secondary N) is 2. The van der Waals surface area contributed by atoms with E-state index in [9.17, 15) is 19.7 Å². The SMILES string of the molecule is CCCOc1cc(NC(=O)c2cccc(NC(C)=O)c2)c([N+](=O)[O-])cc1OCCC. The highest BCUT2D eigenvalue weighted by molar-refractivity contribution is 6.06. The van der Waals surface area contributed by atoms with Crippen LogP contribution in [0.15, 0.2) is 36.4 Å². The molecule has 0 heterocycles. The lowest BCUT2D eigenvalue weighted by atomic mass is 10.1. The summed E-state index contributed by atoms with van der Waals surface area (Å²) in [5, 5.41) is 16.7. The number of nitro groups is 1. The summed E-state index contributed by atoms with van der Waals surface area (Å²) in [5.41, 5.74) is 0.360. The van der Waals surface area contributed by atoms with Gasteiger partial charge in [-0.25, -0.2) is 0 Å². The van der Waals surface area contributed by atoms with Crippen molar-refractivity contribution in [3.63, 3.8) is 0 Å². The number of nitrogens with zero attached hydrogens (tertiary/aromatic N) is 1. The predicted molar refractivity (Wildman–Crippen MR) is 113 cm³/mol. The molecule has 0 unspecified atom stereocenters. The molecule has 30 heavy (non-hydrogen) atoms. The first-order valence-corrected chi connectivity index (χ1v) is 9.62. The fourth-order valence-electron chi connectivity index (χ4n) is 2.59. The molecule has 2 aromatic carbocycles. The molecular formula is C21H25N3O6. The van der Waals surface area contributed by atoms with Gasteiger partial charge in [-0.3, -0.25) is 19.7 Å². The Labute approximate surface area is 174 Å². The molecular weight excluding hydrogens is 390 g/mol. The maximum absolute atomic E-state index is 12.7. The first-order chi connectivity index (χ1) is 14.3. The fourth-order valence-corrected chi connectivity index (χ4v) is 2.59. The Bertz CT molecular complexity index is 929. The van der Waals surface area contributed by atoms with Crippen molar-refractivity contribution in [2.45, 2.75) is 33.6 Å². The maximum atomic E-state index is 12.7. The molecule has 2 aromatic rings. The summed E-state index contributed by atoms with van der Waals surface area (Å²) in [5.74, 6) is -0.265. The highest BCUT2D eigenvalue weighted by atomic mass is 16.6. The van der Waals surface area contributed by atoms with Gasteiger partial charge in [-0.15, -0.1) is 0 Å². The van der Waals surface area contributed by atoms with Gasteiger partial charge in [0.15, 0.2) is 11.5 Å². The number of ether oxygens (including phenoxy) is 2. The van der Waals surface area contributed by atoms with Gasteiger partial charge in [-0.2, -0.15) is 0 Å². The number of anilines is 2. The Morgan fingerprint density at radius 2 is 1.63 bits per heavy atom. The van der Waals surface area contributed by atoms with E-state index in [-0.39, 0.29) is 28.6 Å². The van der Waals surface area contributed by atoms with E-state index in [4.69, 9.17) is 9.47 Å². The number of rotatable bonds is 10. The minimum Gasteiger partial charge on any atom is -0.490 e. The summed E-state index contributed by atoms with van der Waals surface area (Å²) in [6.45, 7) is 5.98. The molecule has 0 aliphatic rings. The van der Waals surface area contributed by atoms with Crippen molar-refractivity contribution in [2.24, 2.45) is 0 Å². The van der Waals surface area contributed by atoms with Crippen LogP contribution < -0.4 is 20.1 Å². The molecule has 0 saturated heterocycles. The summed E-state index contributed by atoms with van der Waals surface area (Å²) < 4.78 is 11.3. The van der Waals surface area contributed by atoms with Gasteiger partial charge in [0.05, 0.1) is 24.2 Å². The lowest BCUT2D eigenvalue weighted by Crippen LogP contribution is -2.14. The number of carbonyl (C=O) groups excluding carboxylic acids is 2. The number of hydrogen-bond donors (Lipinski definition) is 2. The van der Waals surface area contributed by atoms with Crippen molar-refractivity contribution < 1.29 is 24.0 Å². The topological polar surface area (TPSA) is 120 Å². The number of amides is 2. The summed E-state index contributed by atoms with van der Waals surface area (Å²) in [6.07, 6.45) is 1.46. The van der Waals surface area contributed by atoms with Gasteiger partial charge in [-0.1, -0.05) is 19.9 Å². The number of benzene rings is 2. The van der Waals surface area contributed by atoms with E-state index < -0.39 is 10.8 Å². The molecule has 0 spiro atoms. The van der Waals surface area contributed by atoms with Crippen LogP contribution >= 0.6 is 0 Å². The minimum absolute atomic E-state index is 0.00937. The first-order valence-electron chi connectivity index (χ1n) is 9.62. The molecule has 160 valence electrons. The lowest BCUT2D eigenvalue weighted by molar-refractivity contribution is -0.384. The Kier molecular flexibility index (Phi) is 8.16. The van der Waals surface area contributed by atoms with Crippen LogP contribution in [0.2, 0.25) is 0 Å². The zero-order valence-corrected chi connectivity index (χ0v) is 17.2. The Morgan fingerprint density at radius 1 is 1.00 bits per heavy atom. The van der Waals surface area contributed by atoms with Crippen LogP contribution in [0.3, 0.4) is 0 Å². The highest BCUT2D eigenvalue weighted by Crippen LogP contribution is 2.38. The van der Waals surface area contributed by atoms with Crippen molar-refractivity contribution in [3.8, 4) is 11.5 Å². The van der Waals surface area contributed by atoms with Crippen molar-refractivity contribution >= 4 is 28.9 Å². The van der Waals surface area contributed by atoms with Gasteiger partial charge >= 0.3 is 0 Å². The molecule has 9 heteroatoms. The van der Waals surface area contributed by atoms with Crippen molar-refractivity contribution in [1.29, 1.82) is 0 Å². The van der Waals surface area contributed by atoms with E-state index in [1.807, 2.05) is 13.8 Å². The van der Waals surface area contributed by atoms with E-state index in [1.54, 1.807) is 18.2 Å². The Hall–Kier alpha value is -3.62. The highest BCUT2D eigenvalue weighted by Gasteiger charge is 2.22. The van der Waals surface area contributed by atoms with Gasteiger partial charge in [0, 0.05) is 24.2 Å². The monoisotopic (exact) mass is 415 g/mol. The third-order valence-electron chi connectivity index (χ3n) is 3.88. The lowest BCUT2D eigenvalue weighted by Gasteiger charge is -2.15. The summed E-state index contributed by atoms with van der Waals surface area (Å²) in [4.78, 5) is 34.9. The molecule has 9 nitrogen and oxygen atoms in total. The predicted octanol–water partition coefficient (Wildman–Crippen LogP) is 4.38. The maximum Gasteiger partial charge on any atom is 0.296 e. The van der Waals surface area contributed by atoms with Gasteiger partial charge in [-0.05, 0) is 31.0 Å². The van der Waals surface area contributed by atoms with Gasteiger partial charge in [0.1, 0.15) is 5.69 Å². The van der Waals surface area contributed by atoms with E-state index in [1.165, 1.54) is 25.1 Å². The van der Waals surface area contributed by atoms with Crippen LogP contribution in [0, 0.1) is 10.1 Å². The van der Waals surface area contributed by atoms with Gasteiger partial charge in [0.2, 0.25) is 5.91 Å². The number of carbonyl (C=O) groups is 2. The summed E-state index contributed by atoms with van der Waals surface area (Å²) in [7, 11) is 0.